The number of hydrogen-bond donors (Lipinski definition) is 2. The predicted octanol–water partition coefficient (Wildman–Crippen LogP) is 1.69. The van der Waals surface area contributed by atoms with Crippen molar-refractivity contribution < 1.29 is 0 Å². The summed E-state index contributed by atoms with van der Waals surface area (Å²) in [6, 6.07) is -0.259. The molecule has 90 valence electrons. The highest BCUT2D eigenvalue weighted by Gasteiger charge is 2.25. The van der Waals surface area contributed by atoms with Gasteiger partial charge in [-0.3, -0.25) is 4.79 Å². The Bertz CT molecular complexity index is 429. The fraction of sp³-hybridized carbons (Fsp3) is 0.667. The van der Waals surface area contributed by atoms with Gasteiger partial charge in [-0.2, -0.15) is 0 Å². The minimum atomic E-state index is -0.259. The van der Waals surface area contributed by atoms with Gasteiger partial charge in [-0.05, 0) is 18.8 Å². The van der Waals surface area contributed by atoms with Crippen molar-refractivity contribution in [3.8, 4) is 0 Å². The number of nitrogens with one attached hydrogen (secondary N) is 1. The zero-order valence-electron chi connectivity index (χ0n) is 10.7. The maximum absolute atomic E-state index is 11.8. The van der Waals surface area contributed by atoms with Gasteiger partial charge in [0.1, 0.15) is 5.82 Å². The summed E-state index contributed by atoms with van der Waals surface area (Å²) in [4.78, 5) is 18.9. The van der Waals surface area contributed by atoms with Gasteiger partial charge in [-0.15, -0.1) is 0 Å². The average molecular weight is 223 g/mol. The summed E-state index contributed by atoms with van der Waals surface area (Å²) in [5.41, 5.74) is 7.41. The number of aryl methyl sites for hydroxylation is 1. The van der Waals surface area contributed by atoms with Gasteiger partial charge >= 0.3 is 0 Å². The number of nitrogens with two attached hydrogens (primary N) is 1. The highest BCUT2D eigenvalue weighted by molar-refractivity contribution is 5.17. The maximum atomic E-state index is 11.8. The number of H-pyrrole nitrogens is 1. The molecule has 0 bridgehead atoms. The molecule has 16 heavy (non-hydrogen) atoms. The van der Waals surface area contributed by atoms with Crippen molar-refractivity contribution in [3.63, 3.8) is 0 Å². The summed E-state index contributed by atoms with van der Waals surface area (Å²) in [5.74, 6) is 0.576. The van der Waals surface area contributed by atoms with Crippen LogP contribution in [0.15, 0.2) is 4.79 Å². The van der Waals surface area contributed by atoms with Crippen molar-refractivity contribution in [1.29, 1.82) is 0 Å². The summed E-state index contributed by atoms with van der Waals surface area (Å²) in [6.07, 6.45) is 0.694. The summed E-state index contributed by atoms with van der Waals surface area (Å²) < 4.78 is 0. The first-order valence-electron chi connectivity index (χ1n) is 5.62. The van der Waals surface area contributed by atoms with Crippen molar-refractivity contribution in [2.24, 2.45) is 11.1 Å². The minimum Gasteiger partial charge on any atom is -0.321 e. The number of rotatable bonds is 2. The van der Waals surface area contributed by atoms with E-state index in [0.29, 0.717) is 12.2 Å². The molecule has 0 aromatic carbocycles. The highest BCUT2D eigenvalue weighted by Crippen LogP contribution is 2.27. The molecule has 1 aromatic heterocycles. The number of hydrogen-bond acceptors (Lipinski definition) is 3. The second kappa shape index (κ2) is 4.37. The number of nitrogens with zero attached hydrogens (tertiary/aromatic N) is 1. The zero-order chi connectivity index (χ0) is 12.5. The predicted molar refractivity (Wildman–Crippen MR) is 65.4 cm³/mol. The van der Waals surface area contributed by atoms with Crippen LogP contribution in [0.5, 0.6) is 0 Å². The van der Waals surface area contributed by atoms with Crippen LogP contribution in [-0.4, -0.2) is 9.97 Å². The molecular formula is C12H21N3O. The largest absolute Gasteiger partial charge is 0.321 e. The summed E-state index contributed by atoms with van der Waals surface area (Å²) >= 11 is 0. The van der Waals surface area contributed by atoms with Gasteiger partial charge in [-0.1, -0.05) is 27.7 Å². The molecule has 1 aromatic rings. The smallest absolute Gasteiger partial charge is 0.254 e. The van der Waals surface area contributed by atoms with Crippen molar-refractivity contribution in [2.75, 3.05) is 0 Å². The first-order chi connectivity index (χ1) is 7.27. The highest BCUT2D eigenvalue weighted by atomic mass is 16.1. The van der Waals surface area contributed by atoms with E-state index in [9.17, 15) is 4.79 Å². The Labute approximate surface area is 96.3 Å². The van der Waals surface area contributed by atoms with Crippen LogP contribution in [0.3, 0.4) is 0 Å². The second-order valence-electron chi connectivity index (χ2n) is 5.21. The van der Waals surface area contributed by atoms with E-state index in [4.69, 9.17) is 5.73 Å². The molecule has 4 nitrogen and oxygen atoms in total. The van der Waals surface area contributed by atoms with E-state index < -0.39 is 0 Å². The van der Waals surface area contributed by atoms with Gasteiger partial charge in [0.15, 0.2) is 0 Å². The minimum absolute atomic E-state index is 0.0651. The van der Waals surface area contributed by atoms with Crippen molar-refractivity contribution in [2.45, 2.75) is 47.1 Å². The molecule has 4 heteroatoms. The van der Waals surface area contributed by atoms with Crippen LogP contribution in [0.2, 0.25) is 0 Å². The zero-order valence-corrected chi connectivity index (χ0v) is 10.7. The maximum Gasteiger partial charge on any atom is 0.254 e. The SMILES string of the molecule is CCc1c(C)nc(C(N)C(C)(C)C)[nH]c1=O. The third kappa shape index (κ3) is 2.50. The van der Waals surface area contributed by atoms with Crippen molar-refractivity contribution >= 4 is 0 Å². The Morgan fingerprint density at radius 3 is 2.38 bits per heavy atom. The van der Waals surface area contributed by atoms with Gasteiger partial charge in [0.25, 0.3) is 5.56 Å². The number of aromatic amines is 1. The quantitative estimate of drug-likeness (QED) is 0.801. The van der Waals surface area contributed by atoms with Crippen LogP contribution in [0.1, 0.15) is 50.8 Å². The van der Waals surface area contributed by atoms with Crippen molar-refractivity contribution in [1.82, 2.24) is 9.97 Å². The van der Waals surface area contributed by atoms with E-state index in [1.807, 2.05) is 34.6 Å². The van der Waals surface area contributed by atoms with Gasteiger partial charge in [0.2, 0.25) is 0 Å². The molecule has 1 rings (SSSR count). The molecule has 0 aliphatic carbocycles. The van der Waals surface area contributed by atoms with E-state index in [-0.39, 0.29) is 17.0 Å². The molecule has 0 aliphatic heterocycles. The normalized spacial score (nSPS) is 13.9. The van der Waals surface area contributed by atoms with Crippen LogP contribution < -0.4 is 11.3 Å². The molecule has 0 fully saturated rings. The topological polar surface area (TPSA) is 71.8 Å². The second-order valence-corrected chi connectivity index (χ2v) is 5.21. The Hall–Kier alpha value is -1.16. The van der Waals surface area contributed by atoms with E-state index >= 15 is 0 Å². The van der Waals surface area contributed by atoms with Crippen LogP contribution >= 0.6 is 0 Å². The van der Waals surface area contributed by atoms with E-state index in [1.165, 1.54) is 0 Å². The van der Waals surface area contributed by atoms with Crippen LogP contribution in [0.4, 0.5) is 0 Å². The fourth-order valence-corrected chi connectivity index (χ4v) is 1.61. The Balaban J connectivity index is 3.24. The fourth-order valence-electron chi connectivity index (χ4n) is 1.61. The Kier molecular flexibility index (Phi) is 3.53. The monoisotopic (exact) mass is 223 g/mol. The molecular weight excluding hydrogens is 202 g/mol. The van der Waals surface area contributed by atoms with E-state index in [1.54, 1.807) is 0 Å². The first kappa shape index (κ1) is 12.9. The third-order valence-corrected chi connectivity index (χ3v) is 2.82. The molecule has 0 spiro atoms. The van der Waals surface area contributed by atoms with Crippen molar-refractivity contribution in [3.05, 3.63) is 27.4 Å². The van der Waals surface area contributed by atoms with E-state index in [2.05, 4.69) is 9.97 Å². The molecule has 0 radical (unpaired) electrons. The lowest BCUT2D eigenvalue weighted by Crippen LogP contribution is -2.31. The van der Waals surface area contributed by atoms with Crippen LogP contribution in [-0.2, 0) is 6.42 Å². The molecule has 0 amide bonds. The van der Waals surface area contributed by atoms with Crippen LogP contribution in [0, 0.1) is 12.3 Å². The average Bonchev–Trinajstić information content (AvgIpc) is 2.14. The Morgan fingerprint density at radius 1 is 1.44 bits per heavy atom. The molecule has 1 unspecified atom stereocenters. The molecule has 0 saturated carbocycles. The van der Waals surface area contributed by atoms with Gasteiger partial charge in [0, 0.05) is 11.3 Å². The third-order valence-electron chi connectivity index (χ3n) is 2.82. The molecule has 3 N–H and O–H groups in total. The molecule has 1 atom stereocenters. The summed E-state index contributed by atoms with van der Waals surface area (Å²) in [5, 5.41) is 0. The first-order valence-corrected chi connectivity index (χ1v) is 5.62. The standard InChI is InChI=1S/C12H21N3O/c1-6-8-7(2)14-10(15-11(8)16)9(13)12(3,4)5/h9H,6,13H2,1-5H3,(H,14,15,16). The lowest BCUT2D eigenvalue weighted by molar-refractivity contribution is 0.314. The number of aromatic nitrogens is 2. The van der Waals surface area contributed by atoms with Gasteiger partial charge in [-0.25, -0.2) is 4.98 Å². The lowest BCUT2D eigenvalue weighted by atomic mass is 9.87. The van der Waals surface area contributed by atoms with E-state index in [0.717, 1.165) is 11.3 Å². The van der Waals surface area contributed by atoms with Gasteiger partial charge < -0.3 is 10.7 Å². The molecule has 0 saturated heterocycles. The summed E-state index contributed by atoms with van der Waals surface area (Å²) in [7, 11) is 0. The van der Waals surface area contributed by atoms with Crippen LogP contribution in [0.25, 0.3) is 0 Å². The Morgan fingerprint density at radius 2 is 2.00 bits per heavy atom. The molecule has 1 heterocycles. The lowest BCUT2D eigenvalue weighted by Gasteiger charge is -2.26. The molecule has 0 aliphatic rings. The summed E-state index contributed by atoms with van der Waals surface area (Å²) in [6.45, 7) is 9.89. The van der Waals surface area contributed by atoms with Gasteiger partial charge in [0.05, 0.1) is 6.04 Å².